The van der Waals surface area contributed by atoms with Crippen molar-refractivity contribution in [2.75, 3.05) is 66.0 Å². The van der Waals surface area contributed by atoms with Gasteiger partial charge in [0.15, 0.2) is 9.05 Å². The van der Waals surface area contributed by atoms with Crippen molar-refractivity contribution in [3.05, 3.63) is 74.6 Å². The van der Waals surface area contributed by atoms with Crippen LogP contribution in [0.3, 0.4) is 0 Å². The number of halogens is 1. The molecule has 19 heteroatoms. The van der Waals surface area contributed by atoms with Crippen LogP contribution in [-0.2, 0) is 9.59 Å². The predicted molar refractivity (Wildman–Crippen MR) is 233 cm³/mol. The Morgan fingerprint density at radius 1 is 0.741 bits per heavy atom. The smallest absolute Gasteiger partial charge is 0.275 e. The largest absolute Gasteiger partial charge is 0.391 e. The fourth-order valence-electron chi connectivity index (χ4n) is 7.65. The first-order chi connectivity index (χ1) is 27.9. The molecule has 10 N–H and O–H groups in total. The van der Waals surface area contributed by atoms with Gasteiger partial charge in [-0.1, -0.05) is 24.3 Å². The highest BCUT2D eigenvalue weighted by Gasteiger charge is 2.40. The lowest BCUT2D eigenvalue weighted by molar-refractivity contribution is -0.125. The number of piperidine rings is 2. The van der Waals surface area contributed by atoms with Crippen LogP contribution in [0.2, 0.25) is 0 Å². The average Bonchev–Trinajstić information content (AvgIpc) is 4.00. The van der Waals surface area contributed by atoms with E-state index in [1.165, 1.54) is 22.7 Å². The first-order valence-electron chi connectivity index (χ1n) is 19.2. The number of anilines is 5. The topological polar surface area (TPSA) is 233 Å². The quantitative estimate of drug-likeness (QED) is 0.101. The molecule has 0 bridgehead atoms. The summed E-state index contributed by atoms with van der Waals surface area (Å²) in [5, 5.41) is 29.4. The molecular weight excluding hydrogens is 847 g/mol. The van der Waals surface area contributed by atoms with Gasteiger partial charge in [0.25, 0.3) is 11.8 Å². The van der Waals surface area contributed by atoms with E-state index >= 15 is 0 Å². The van der Waals surface area contributed by atoms with Gasteiger partial charge in [-0.25, -0.2) is 9.97 Å². The Morgan fingerprint density at radius 3 is 1.62 bits per heavy atom. The number of carbonyl (C=O) groups excluding carboxylic acids is 4. The van der Waals surface area contributed by atoms with Crippen molar-refractivity contribution in [3.8, 4) is 0 Å². The van der Waals surface area contributed by atoms with Crippen molar-refractivity contribution < 1.29 is 24.3 Å². The molecule has 1 unspecified atom stereocenters. The van der Waals surface area contributed by atoms with Gasteiger partial charge in [0.1, 0.15) is 22.5 Å². The number of hydrogen-bond donors (Lipinski definition) is 8. The molecule has 310 valence electrons. The summed E-state index contributed by atoms with van der Waals surface area (Å²) in [5.74, 6) is -1.19. The first kappa shape index (κ1) is 42.9. The molecule has 1 aliphatic carbocycles. The van der Waals surface area contributed by atoms with Crippen molar-refractivity contribution in [2.45, 2.75) is 68.2 Å². The third kappa shape index (κ3) is 9.78. The van der Waals surface area contributed by atoms with E-state index in [0.717, 1.165) is 36.3 Å². The van der Waals surface area contributed by atoms with Gasteiger partial charge in [0.2, 0.25) is 11.8 Å². The van der Waals surface area contributed by atoms with E-state index in [1.54, 1.807) is 24.9 Å². The Hall–Kier alpha value is -4.66. The number of aromatic nitrogens is 2. The second kappa shape index (κ2) is 18.9. The van der Waals surface area contributed by atoms with Crippen molar-refractivity contribution in [1.82, 2.24) is 20.6 Å². The molecule has 2 atom stereocenters. The highest BCUT2D eigenvalue weighted by Crippen LogP contribution is 2.34. The molecule has 2 aromatic carbocycles. The van der Waals surface area contributed by atoms with E-state index in [0.29, 0.717) is 78.0 Å². The van der Waals surface area contributed by atoms with Crippen molar-refractivity contribution in [1.29, 1.82) is 0 Å². The maximum absolute atomic E-state index is 12.9. The molecule has 0 radical (unpaired) electrons. The number of nitrogens with zero attached hydrogens (tertiary/aromatic N) is 4. The number of para-hydroxylation sites is 4. The third-order valence-corrected chi connectivity index (χ3v) is 13.5. The van der Waals surface area contributed by atoms with Crippen LogP contribution in [-0.4, -0.2) is 102 Å². The predicted octanol–water partition coefficient (Wildman–Crippen LogP) is 3.97. The Labute approximate surface area is 353 Å². The normalized spacial score (nSPS) is 19.7. The second-order valence-electron chi connectivity index (χ2n) is 14.6. The van der Waals surface area contributed by atoms with Gasteiger partial charge in [-0.3, -0.25) is 19.2 Å². The van der Waals surface area contributed by atoms with Crippen molar-refractivity contribution >= 4 is 90.1 Å². The monoisotopic (exact) mass is 895 g/mol. The molecule has 4 heterocycles. The Balaban J connectivity index is 0.000000200. The number of rotatable bonds is 12. The maximum atomic E-state index is 12.9. The molecule has 3 aliphatic rings. The van der Waals surface area contributed by atoms with E-state index in [1.807, 2.05) is 48.5 Å². The Bertz CT molecular complexity index is 2080. The molecule has 2 aromatic heterocycles. The van der Waals surface area contributed by atoms with Crippen molar-refractivity contribution in [2.24, 2.45) is 11.5 Å². The second-order valence-corrected chi connectivity index (χ2v) is 17.6. The lowest BCUT2D eigenvalue weighted by Crippen LogP contribution is -2.59. The molecule has 58 heavy (non-hydrogen) atoms. The number of aliphatic hydroxyl groups is 1. The zero-order valence-electron chi connectivity index (χ0n) is 32.4. The molecule has 3 fully saturated rings. The minimum Gasteiger partial charge on any atom is -0.391 e. The van der Waals surface area contributed by atoms with Gasteiger partial charge in [-0.15, -0.1) is 22.7 Å². The molecule has 1 saturated carbocycles. The number of carbonyl (C=O) groups is 4. The Morgan fingerprint density at radius 2 is 1.21 bits per heavy atom. The summed E-state index contributed by atoms with van der Waals surface area (Å²) in [5.41, 5.74) is 13.8. The summed E-state index contributed by atoms with van der Waals surface area (Å²) in [6.07, 6.45) is 4.71. The third-order valence-electron chi connectivity index (χ3n) is 11.4. The number of benzene rings is 2. The molecule has 16 nitrogen and oxygen atoms in total. The van der Waals surface area contributed by atoms with E-state index in [4.69, 9.17) is 11.5 Å². The molecule has 2 saturated heterocycles. The van der Waals surface area contributed by atoms with Crippen LogP contribution in [0.4, 0.5) is 27.9 Å². The number of nitrogens with one attached hydrogen (secondary N) is 5. The summed E-state index contributed by atoms with van der Waals surface area (Å²) in [6, 6.07) is 15.2. The number of thiazole rings is 2. The van der Waals surface area contributed by atoms with Crippen LogP contribution in [0.25, 0.3) is 0 Å². The molecule has 0 spiro atoms. The lowest BCUT2D eigenvalue weighted by atomic mass is 9.86. The Kier molecular flexibility index (Phi) is 14.0. The van der Waals surface area contributed by atoms with E-state index in [-0.39, 0.29) is 35.8 Å². The zero-order valence-corrected chi connectivity index (χ0v) is 35.6. The number of hydrogen-bond acceptors (Lipinski definition) is 14. The average molecular weight is 897 g/mol. The summed E-state index contributed by atoms with van der Waals surface area (Å²) in [6.45, 7) is 2.62. The minimum atomic E-state index is -0.689. The summed E-state index contributed by atoms with van der Waals surface area (Å²) < 4.78 is 0.668. The molecule has 2 aliphatic heterocycles. The summed E-state index contributed by atoms with van der Waals surface area (Å²) >= 11 is 5.99. The van der Waals surface area contributed by atoms with E-state index in [2.05, 4.69) is 62.3 Å². The fraction of sp³-hybridized carbons (Fsp3) is 0.436. The minimum absolute atomic E-state index is 0.0120. The first-order valence-corrected chi connectivity index (χ1v) is 21.7. The molecule has 4 aromatic rings. The SMILES string of the molecule is CNC1(C(N)=O)CCN(c2ccccc2NC(=O)c2csc(Br)n2)CC1.CNC1(C(N)=O)CCN(c2ccccc2NC(=O)c2csc(NC3CCC[C@H]3O)n2)CC1. The van der Waals surface area contributed by atoms with Gasteiger partial charge in [0, 0.05) is 36.9 Å². The molecule has 7 rings (SSSR count). The standard InChI is InChI=1S/C22H30N6O3S.C17H20BrN5O2S/c1-24-22(20(23)31)9-11-28(12-10-22)17-7-3-2-5-14(17)25-19(30)16-13-32-21(27-16)26-15-6-4-8-18(15)29;1-20-17(15(19)25)6-8-23(9-7-17)13-5-3-2-4-11(13)21-14(24)12-10-26-16(18)22-12/h2-3,5,7,13,15,18,24,29H,4,6,8-12H2,1H3,(H2,23,31)(H,25,30)(H,26,27);2-5,10,20H,6-9H2,1H3,(H2,19,25)(H,21,24)/t15?,18-;/m1./s1. The van der Waals surface area contributed by atoms with E-state index in [9.17, 15) is 24.3 Å². The lowest BCUT2D eigenvalue weighted by Gasteiger charge is -2.41. The van der Waals surface area contributed by atoms with Crippen LogP contribution < -0.4 is 47.9 Å². The highest BCUT2D eigenvalue weighted by molar-refractivity contribution is 9.11. The number of nitrogens with two attached hydrogens (primary N) is 2. The highest BCUT2D eigenvalue weighted by atomic mass is 79.9. The number of aliphatic hydroxyl groups excluding tert-OH is 1. The zero-order chi connectivity index (χ0) is 41.5. The molecule has 4 amide bonds. The number of likely N-dealkylation sites (N-methyl/N-ethyl adjacent to an activating group) is 2. The maximum Gasteiger partial charge on any atom is 0.275 e. The van der Waals surface area contributed by atoms with Gasteiger partial charge in [-0.2, -0.15) is 0 Å². The van der Waals surface area contributed by atoms with Gasteiger partial charge in [0.05, 0.1) is 34.9 Å². The van der Waals surface area contributed by atoms with Crippen LogP contribution >= 0.6 is 38.6 Å². The van der Waals surface area contributed by atoms with Crippen LogP contribution in [0.15, 0.2) is 63.2 Å². The summed E-state index contributed by atoms with van der Waals surface area (Å²) in [7, 11) is 3.53. The van der Waals surface area contributed by atoms with Crippen LogP contribution in [0.5, 0.6) is 0 Å². The van der Waals surface area contributed by atoms with Gasteiger partial charge < -0.3 is 53.0 Å². The summed E-state index contributed by atoms with van der Waals surface area (Å²) in [4.78, 5) is 61.9. The number of amides is 4. The van der Waals surface area contributed by atoms with Gasteiger partial charge >= 0.3 is 0 Å². The number of primary amides is 2. The van der Waals surface area contributed by atoms with Crippen LogP contribution in [0, 0.1) is 0 Å². The van der Waals surface area contributed by atoms with E-state index < -0.39 is 11.1 Å². The fourth-order valence-corrected chi connectivity index (χ4v) is 9.39. The van der Waals surface area contributed by atoms with Crippen molar-refractivity contribution in [3.63, 3.8) is 0 Å². The van der Waals surface area contributed by atoms with Gasteiger partial charge in [-0.05, 0) is 99.2 Å². The van der Waals surface area contributed by atoms with Crippen LogP contribution in [0.1, 0.15) is 65.9 Å². The molecular formula is C39H50BrN11O5S2.